The summed E-state index contributed by atoms with van der Waals surface area (Å²) in [4.78, 5) is 19.1. The van der Waals surface area contributed by atoms with Crippen molar-refractivity contribution in [2.75, 3.05) is 30.9 Å². The molecule has 4 rings (SSSR count). The lowest BCUT2D eigenvalue weighted by Crippen LogP contribution is -2.32. The van der Waals surface area contributed by atoms with Gasteiger partial charge in [0.2, 0.25) is 11.8 Å². The Balaban J connectivity index is 1.83. The number of nitrogens with zero attached hydrogens (tertiary/aromatic N) is 1. The van der Waals surface area contributed by atoms with Crippen LogP contribution in [0.15, 0.2) is 30.5 Å². The highest BCUT2D eigenvalue weighted by Gasteiger charge is 2.21. The molecule has 0 bridgehead atoms. The van der Waals surface area contributed by atoms with Crippen molar-refractivity contribution in [2.24, 2.45) is 5.73 Å². The van der Waals surface area contributed by atoms with Gasteiger partial charge in [0.15, 0.2) is 0 Å². The zero-order chi connectivity index (χ0) is 19.0. The minimum atomic E-state index is -0.488. The molecule has 8 nitrogen and oxygen atoms in total. The topological polar surface area (TPSA) is 114 Å². The van der Waals surface area contributed by atoms with Crippen LogP contribution in [0.2, 0.25) is 0 Å². The van der Waals surface area contributed by atoms with Crippen LogP contribution >= 0.6 is 0 Å². The summed E-state index contributed by atoms with van der Waals surface area (Å²) in [5.74, 6) is 0.890. The Hall–Kier alpha value is -3.42. The number of benzene rings is 1. The second-order valence-electron chi connectivity index (χ2n) is 6.40. The minimum absolute atomic E-state index is 0.416. The molecule has 27 heavy (non-hydrogen) atoms. The van der Waals surface area contributed by atoms with Crippen molar-refractivity contribution in [3.8, 4) is 22.9 Å². The van der Waals surface area contributed by atoms with Crippen molar-refractivity contribution in [1.29, 1.82) is 0 Å². The molecule has 1 aliphatic rings. The number of pyridine rings is 1. The quantitative estimate of drug-likeness (QED) is 0.550. The van der Waals surface area contributed by atoms with Gasteiger partial charge in [-0.2, -0.15) is 0 Å². The van der Waals surface area contributed by atoms with Gasteiger partial charge in [-0.3, -0.25) is 4.79 Å². The smallest absolute Gasteiger partial charge is 0.239 e. The van der Waals surface area contributed by atoms with Gasteiger partial charge in [0, 0.05) is 36.1 Å². The molecule has 1 amide bonds. The number of primary amides is 1. The maximum absolute atomic E-state index is 11.4. The predicted molar refractivity (Wildman–Crippen MR) is 104 cm³/mol. The van der Waals surface area contributed by atoms with E-state index in [1.54, 1.807) is 20.2 Å². The van der Waals surface area contributed by atoms with Crippen molar-refractivity contribution in [1.82, 2.24) is 9.97 Å². The number of anilines is 2. The molecular formula is C19H21N5O3. The molecular weight excluding hydrogens is 346 g/mol. The summed E-state index contributed by atoms with van der Waals surface area (Å²) >= 11 is 0. The number of nitrogens with two attached hydrogens (primary N) is 1. The van der Waals surface area contributed by atoms with E-state index in [9.17, 15) is 4.79 Å². The Labute approximate surface area is 156 Å². The molecule has 0 radical (unpaired) electrons. The predicted octanol–water partition coefficient (Wildman–Crippen LogP) is 2.33. The van der Waals surface area contributed by atoms with Crippen LogP contribution in [0.5, 0.6) is 11.6 Å². The lowest BCUT2D eigenvalue weighted by molar-refractivity contribution is -0.118. The standard InChI is InChI=1S/C19H21N5O3/c1-10(19(20)25)23-12-7-13-16-14(8-12)27-6-5-21-18(16)17(24-13)11-3-4-15(26-2)22-9-11/h3-4,7-10,21,23-24H,5-6H2,1-2H3,(H2,20,25)/t10-/m0/s1. The maximum Gasteiger partial charge on any atom is 0.239 e. The first-order chi connectivity index (χ1) is 13.1. The highest BCUT2D eigenvalue weighted by Crippen LogP contribution is 2.42. The Morgan fingerprint density at radius 3 is 2.96 bits per heavy atom. The van der Waals surface area contributed by atoms with Crippen LogP contribution in [0.1, 0.15) is 6.92 Å². The van der Waals surface area contributed by atoms with Crippen molar-refractivity contribution in [3.63, 3.8) is 0 Å². The number of aromatic nitrogens is 2. The molecule has 0 fully saturated rings. The van der Waals surface area contributed by atoms with Crippen LogP contribution in [0.4, 0.5) is 11.4 Å². The molecule has 0 saturated heterocycles. The summed E-state index contributed by atoms with van der Waals surface area (Å²) < 4.78 is 11.1. The summed E-state index contributed by atoms with van der Waals surface area (Å²) in [7, 11) is 1.59. The number of carbonyl (C=O) groups is 1. The third-order valence-corrected chi connectivity index (χ3v) is 4.57. The maximum atomic E-state index is 11.4. The molecule has 140 valence electrons. The van der Waals surface area contributed by atoms with E-state index in [0.717, 1.165) is 39.3 Å². The molecule has 1 aliphatic heterocycles. The van der Waals surface area contributed by atoms with Crippen molar-refractivity contribution < 1.29 is 14.3 Å². The lowest BCUT2D eigenvalue weighted by atomic mass is 10.1. The SMILES string of the molecule is COc1ccc(-c2[nH]c3cc(N[C@@H](C)C(N)=O)cc4c3c2NCCO4)cn1. The van der Waals surface area contributed by atoms with Crippen molar-refractivity contribution >= 4 is 28.2 Å². The molecule has 0 aliphatic carbocycles. The highest BCUT2D eigenvalue weighted by molar-refractivity contribution is 6.06. The number of ether oxygens (including phenoxy) is 2. The van der Waals surface area contributed by atoms with E-state index in [1.165, 1.54) is 0 Å². The Morgan fingerprint density at radius 1 is 1.41 bits per heavy atom. The summed E-state index contributed by atoms with van der Waals surface area (Å²) in [6.45, 7) is 2.94. The third kappa shape index (κ3) is 3.10. The number of amides is 1. The second kappa shape index (κ2) is 6.71. The van der Waals surface area contributed by atoms with Gasteiger partial charge >= 0.3 is 0 Å². The van der Waals surface area contributed by atoms with Gasteiger partial charge in [0.05, 0.1) is 29.4 Å². The van der Waals surface area contributed by atoms with Crippen LogP contribution in [0.3, 0.4) is 0 Å². The van der Waals surface area contributed by atoms with Crippen LogP contribution < -0.4 is 25.8 Å². The molecule has 3 aromatic rings. The van der Waals surface area contributed by atoms with E-state index in [1.807, 2.05) is 24.3 Å². The number of methoxy groups -OCH3 is 1. The largest absolute Gasteiger partial charge is 0.491 e. The zero-order valence-electron chi connectivity index (χ0n) is 15.1. The van der Waals surface area contributed by atoms with Gasteiger partial charge in [-0.15, -0.1) is 0 Å². The van der Waals surface area contributed by atoms with Gasteiger partial charge in [-0.25, -0.2) is 4.98 Å². The molecule has 5 N–H and O–H groups in total. The Kier molecular flexibility index (Phi) is 4.23. The highest BCUT2D eigenvalue weighted by atomic mass is 16.5. The number of carbonyl (C=O) groups excluding carboxylic acids is 1. The first-order valence-electron chi connectivity index (χ1n) is 8.69. The van der Waals surface area contributed by atoms with Gasteiger partial charge in [-0.1, -0.05) is 0 Å². The van der Waals surface area contributed by atoms with E-state index in [2.05, 4.69) is 20.6 Å². The third-order valence-electron chi connectivity index (χ3n) is 4.57. The number of H-pyrrole nitrogens is 1. The number of aromatic amines is 1. The van der Waals surface area contributed by atoms with E-state index in [4.69, 9.17) is 15.2 Å². The van der Waals surface area contributed by atoms with Gasteiger partial charge in [0.25, 0.3) is 0 Å². The van der Waals surface area contributed by atoms with Crippen molar-refractivity contribution in [3.05, 3.63) is 30.5 Å². The summed E-state index contributed by atoms with van der Waals surface area (Å²) in [6.07, 6.45) is 1.77. The first-order valence-corrected chi connectivity index (χ1v) is 8.69. The van der Waals surface area contributed by atoms with Gasteiger partial charge < -0.3 is 30.8 Å². The average molecular weight is 367 g/mol. The molecule has 1 atom stereocenters. The number of hydrogen-bond acceptors (Lipinski definition) is 6. The van der Waals surface area contributed by atoms with Gasteiger partial charge in [-0.05, 0) is 19.1 Å². The summed E-state index contributed by atoms with van der Waals surface area (Å²) in [6, 6.07) is 7.12. The Bertz CT molecular complexity index is 997. The van der Waals surface area contributed by atoms with Gasteiger partial charge in [0.1, 0.15) is 18.4 Å². The molecule has 2 aromatic heterocycles. The molecule has 0 unspecified atom stereocenters. The second-order valence-corrected chi connectivity index (χ2v) is 6.40. The molecule has 8 heteroatoms. The van der Waals surface area contributed by atoms with E-state index >= 15 is 0 Å². The number of rotatable bonds is 5. The summed E-state index contributed by atoms with van der Waals surface area (Å²) in [5, 5.41) is 7.51. The normalized spacial score (nSPS) is 14.0. The fourth-order valence-corrected chi connectivity index (χ4v) is 3.19. The minimum Gasteiger partial charge on any atom is -0.491 e. The first kappa shape index (κ1) is 17.0. The summed E-state index contributed by atoms with van der Waals surface area (Å²) in [5.41, 5.74) is 9.84. The molecule has 3 heterocycles. The van der Waals surface area contributed by atoms with Crippen LogP contribution in [-0.2, 0) is 4.79 Å². The van der Waals surface area contributed by atoms with Crippen LogP contribution in [-0.4, -0.2) is 42.2 Å². The molecule has 0 spiro atoms. The Morgan fingerprint density at radius 2 is 2.26 bits per heavy atom. The number of nitrogens with one attached hydrogen (secondary N) is 3. The zero-order valence-corrected chi connectivity index (χ0v) is 15.1. The van der Waals surface area contributed by atoms with Crippen LogP contribution in [0, 0.1) is 0 Å². The van der Waals surface area contributed by atoms with E-state index < -0.39 is 11.9 Å². The van der Waals surface area contributed by atoms with E-state index in [-0.39, 0.29) is 0 Å². The molecule has 0 saturated carbocycles. The average Bonchev–Trinajstić information content (AvgIpc) is 2.89. The number of hydrogen-bond donors (Lipinski definition) is 4. The molecule has 1 aromatic carbocycles. The fraction of sp³-hybridized carbons (Fsp3) is 0.263. The lowest BCUT2D eigenvalue weighted by Gasteiger charge is -2.13. The van der Waals surface area contributed by atoms with Crippen molar-refractivity contribution in [2.45, 2.75) is 13.0 Å². The van der Waals surface area contributed by atoms with E-state index in [0.29, 0.717) is 19.0 Å². The monoisotopic (exact) mass is 367 g/mol. The fourth-order valence-electron chi connectivity index (χ4n) is 3.19. The van der Waals surface area contributed by atoms with Crippen LogP contribution in [0.25, 0.3) is 22.2 Å².